The Balaban J connectivity index is 1.15. The molecule has 0 fully saturated rings. The number of aromatic nitrogens is 6. The smallest absolute Gasteiger partial charge is 0.164 e. The van der Waals surface area contributed by atoms with Crippen LogP contribution in [0.25, 0.3) is 22.5 Å². The third kappa shape index (κ3) is 5.23. The lowest BCUT2D eigenvalue weighted by molar-refractivity contribution is 0.740. The van der Waals surface area contributed by atoms with Gasteiger partial charge in [0, 0.05) is 12.0 Å². The van der Waals surface area contributed by atoms with Crippen LogP contribution in [0.5, 0.6) is 0 Å². The first-order valence-electron chi connectivity index (χ1n) is 12.3. The molecule has 0 bridgehead atoms. The summed E-state index contributed by atoms with van der Waals surface area (Å²) in [4.78, 5) is 0. The molecule has 6 aromatic rings. The fourth-order valence-electron chi connectivity index (χ4n) is 4.51. The van der Waals surface area contributed by atoms with E-state index in [1.807, 2.05) is 12.1 Å². The minimum absolute atomic E-state index is 0.739. The molecule has 0 aliphatic rings. The molecule has 0 spiro atoms. The Labute approximate surface area is 215 Å². The van der Waals surface area contributed by atoms with Gasteiger partial charge in [0.05, 0.1) is 13.1 Å². The van der Waals surface area contributed by atoms with Gasteiger partial charge in [0.1, 0.15) is 18.5 Å². The number of hydrogen-bond donors (Lipinski definition) is 0. The summed E-state index contributed by atoms with van der Waals surface area (Å²) in [6.45, 7) is 1.51. The molecule has 6 heteroatoms. The molecular formula is C31H26N6. The van der Waals surface area contributed by atoms with Crippen molar-refractivity contribution in [1.29, 1.82) is 0 Å². The van der Waals surface area contributed by atoms with Crippen molar-refractivity contribution in [3.8, 4) is 22.5 Å². The van der Waals surface area contributed by atoms with Crippen molar-refractivity contribution in [2.24, 2.45) is 0 Å². The number of hydrogen-bond acceptors (Lipinski definition) is 4. The Kier molecular flexibility index (Phi) is 6.37. The second-order valence-electron chi connectivity index (χ2n) is 9.08. The summed E-state index contributed by atoms with van der Waals surface area (Å²) < 4.78 is 4.19. The molecule has 6 rings (SSSR count). The van der Waals surface area contributed by atoms with Crippen LogP contribution in [0.2, 0.25) is 0 Å². The molecular weight excluding hydrogens is 456 g/mol. The zero-order chi connectivity index (χ0) is 24.9. The highest BCUT2D eigenvalue weighted by atomic mass is 15.3. The average Bonchev–Trinajstić information content (AvgIpc) is 3.60. The van der Waals surface area contributed by atoms with Crippen LogP contribution in [0.1, 0.15) is 22.5 Å². The molecule has 0 unspecified atom stereocenters. The first-order valence-corrected chi connectivity index (χ1v) is 12.3. The van der Waals surface area contributed by atoms with Gasteiger partial charge >= 0.3 is 0 Å². The maximum absolute atomic E-state index is 4.37. The van der Waals surface area contributed by atoms with E-state index in [9.17, 15) is 0 Å². The number of rotatable bonds is 8. The summed E-state index contributed by atoms with van der Waals surface area (Å²) >= 11 is 0. The van der Waals surface area contributed by atoms with E-state index in [0.29, 0.717) is 0 Å². The van der Waals surface area contributed by atoms with E-state index >= 15 is 0 Å². The Morgan fingerprint density at radius 1 is 0.459 bits per heavy atom. The summed E-state index contributed by atoms with van der Waals surface area (Å²) in [7, 11) is 0. The fraction of sp³-hybridized carbons (Fsp3) is 0.0968. The maximum Gasteiger partial charge on any atom is 0.164 e. The lowest BCUT2D eigenvalue weighted by atomic mass is 10.0. The van der Waals surface area contributed by atoms with Crippen molar-refractivity contribution < 1.29 is 0 Å². The van der Waals surface area contributed by atoms with Crippen LogP contribution >= 0.6 is 0 Å². The fourth-order valence-corrected chi connectivity index (χ4v) is 4.51. The van der Waals surface area contributed by atoms with E-state index < -0.39 is 0 Å². The third-order valence-corrected chi connectivity index (χ3v) is 6.50. The zero-order valence-electron chi connectivity index (χ0n) is 20.4. The maximum atomic E-state index is 4.37. The predicted molar refractivity (Wildman–Crippen MR) is 145 cm³/mol. The van der Waals surface area contributed by atoms with Crippen molar-refractivity contribution >= 4 is 0 Å². The van der Waals surface area contributed by atoms with Gasteiger partial charge < -0.3 is 9.13 Å². The highest BCUT2D eigenvalue weighted by Gasteiger charge is 2.10. The lowest BCUT2D eigenvalue weighted by Gasteiger charge is -2.09. The monoisotopic (exact) mass is 482 g/mol. The second kappa shape index (κ2) is 10.4. The van der Waals surface area contributed by atoms with Gasteiger partial charge in [-0.25, -0.2) is 0 Å². The highest BCUT2D eigenvalue weighted by Crippen LogP contribution is 2.25. The molecule has 0 aliphatic carbocycles. The van der Waals surface area contributed by atoms with Gasteiger partial charge in [-0.3, -0.25) is 0 Å². The van der Waals surface area contributed by atoms with E-state index in [1.165, 1.54) is 22.3 Å². The summed E-state index contributed by atoms with van der Waals surface area (Å²) in [6.07, 6.45) is 4.33. The van der Waals surface area contributed by atoms with Crippen LogP contribution in [0.15, 0.2) is 122 Å². The van der Waals surface area contributed by atoms with Gasteiger partial charge in [0.15, 0.2) is 5.82 Å². The molecule has 0 atom stereocenters. The molecule has 6 nitrogen and oxygen atoms in total. The minimum Gasteiger partial charge on any atom is -0.313 e. The molecule has 0 saturated carbocycles. The van der Waals surface area contributed by atoms with E-state index in [-0.39, 0.29) is 0 Å². The molecule has 0 radical (unpaired) electrons. The van der Waals surface area contributed by atoms with E-state index in [0.717, 1.165) is 42.3 Å². The first kappa shape index (κ1) is 22.6. The van der Waals surface area contributed by atoms with Gasteiger partial charge in [0.2, 0.25) is 0 Å². The van der Waals surface area contributed by atoms with Crippen LogP contribution in [0.4, 0.5) is 0 Å². The van der Waals surface area contributed by atoms with Gasteiger partial charge in [-0.05, 0) is 27.8 Å². The minimum atomic E-state index is 0.739. The van der Waals surface area contributed by atoms with Crippen molar-refractivity contribution in [2.45, 2.75) is 19.5 Å². The normalized spacial score (nSPS) is 11.0. The van der Waals surface area contributed by atoms with Crippen LogP contribution in [0, 0.1) is 0 Å². The summed E-state index contributed by atoms with van der Waals surface area (Å²) in [6, 6.07) is 37.9. The van der Waals surface area contributed by atoms with Crippen LogP contribution in [-0.2, 0) is 19.5 Å². The Bertz CT molecular complexity index is 1570. The average molecular weight is 483 g/mol. The summed E-state index contributed by atoms with van der Waals surface area (Å²) in [5.41, 5.74) is 7.05. The van der Waals surface area contributed by atoms with Crippen molar-refractivity contribution in [3.05, 3.63) is 144 Å². The van der Waals surface area contributed by atoms with Gasteiger partial charge in [-0.15, -0.1) is 20.4 Å². The number of benzene rings is 4. The lowest BCUT2D eigenvalue weighted by Crippen LogP contribution is -2.05. The molecule has 0 aliphatic heterocycles. The van der Waals surface area contributed by atoms with Crippen molar-refractivity contribution in [2.75, 3.05) is 0 Å². The van der Waals surface area contributed by atoms with E-state index in [4.69, 9.17) is 0 Å². The Hall–Kier alpha value is -4.84. The zero-order valence-corrected chi connectivity index (χ0v) is 20.4. The molecule has 0 saturated heterocycles. The topological polar surface area (TPSA) is 61.4 Å². The SMILES string of the molecule is c1ccc(Cn2cnnc2Cc2ccc(-c3ccc(-c4nncn4Cc4ccccc4)cc3)cc2)cc1. The van der Waals surface area contributed by atoms with Crippen molar-refractivity contribution in [3.63, 3.8) is 0 Å². The standard InChI is InChI=1S/C31H26N6/c1-3-7-25(8-4-1)20-36-22-32-34-30(36)19-24-11-13-27(14-12-24)28-15-17-29(18-16-28)31-35-33-23-37(31)21-26-9-5-2-6-10-26/h1-18,22-23H,19-21H2. The van der Waals surface area contributed by atoms with Gasteiger partial charge in [0.25, 0.3) is 0 Å². The quantitative estimate of drug-likeness (QED) is 0.271. The molecule has 180 valence electrons. The third-order valence-electron chi connectivity index (χ3n) is 6.50. The Morgan fingerprint density at radius 2 is 0.973 bits per heavy atom. The molecule has 37 heavy (non-hydrogen) atoms. The van der Waals surface area contributed by atoms with Gasteiger partial charge in [-0.2, -0.15) is 0 Å². The molecule has 0 amide bonds. The van der Waals surface area contributed by atoms with E-state index in [2.05, 4.69) is 127 Å². The Morgan fingerprint density at radius 3 is 1.62 bits per heavy atom. The first-order chi connectivity index (χ1) is 18.3. The van der Waals surface area contributed by atoms with Crippen LogP contribution in [0.3, 0.4) is 0 Å². The predicted octanol–water partition coefficient (Wildman–Crippen LogP) is 5.89. The second-order valence-corrected chi connectivity index (χ2v) is 9.08. The van der Waals surface area contributed by atoms with Crippen molar-refractivity contribution in [1.82, 2.24) is 29.5 Å². The summed E-state index contributed by atoms with van der Waals surface area (Å²) in [5.74, 6) is 1.82. The molecule has 4 aromatic carbocycles. The molecule has 2 aromatic heterocycles. The van der Waals surface area contributed by atoms with Crippen LogP contribution < -0.4 is 0 Å². The molecule has 2 heterocycles. The van der Waals surface area contributed by atoms with Gasteiger partial charge in [-0.1, -0.05) is 109 Å². The van der Waals surface area contributed by atoms with Crippen LogP contribution in [-0.4, -0.2) is 29.5 Å². The highest BCUT2D eigenvalue weighted by molar-refractivity contribution is 5.68. The molecule has 0 N–H and O–H groups in total. The number of nitrogens with zero attached hydrogens (tertiary/aromatic N) is 6. The van der Waals surface area contributed by atoms with E-state index in [1.54, 1.807) is 12.7 Å². The summed E-state index contributed by atoms with van der Waals surface area (Å²) in [5, 5.41) is 17.0. The largest absolute Gasteiger partial charge is 0.313 e.